The summed E-state index contributed by atoms with van der Waals surface area (Å²) >= 11 is 0. The largest absolute Gasteiger partial charge is 0.493 e. The number of aryl methyl sites for hydroxylation is 1. The predicted octanol–water partition coefficient (Wildman–Crippen LogP) is 3.40. The average Bonchev–Trinajstić information content (AvgIpc) is 2.55. The van der Waals surface area contributed by atoms with E-state index in [-0.39, 0.29) is 11.6 Å². The second-order valence-corrected chi connectivity index (χ2v) is 4.63. The minimum absolute atomic E-state index is 0.180. The topological polar surface area (TPSA) is 74.5 Å². The fraction of sp³-hybridized carbons (Fsp3) is 0.312. The summed E-state index contributed by atoms with van der Waals surface area (Å²) in [6, 6.07) is 11.1. The number of ether oxygens (including phenoxy) is 2. The summed E-state index contributed by atoms with van der Waals surface area (Å²) in [6.45, 7) is 2.92. The molecule has 0 radical (unpaired) electrons. The van der Waals surface area contributed by atoms with Crippen molar-refractivity contribution in [3.63, 3.8) is 0 Å². The van der Waals surface area contributed by atoms with Gasteiger partial charge in [-0.05, 0) is 46.2 Å². The van der Waals surface area contributed by atoms with E-state index in [9.17, 15) is 10.1 Å². The number of nitro groups is 1. The van der Waals surface area contributed by atoms with E-state index in [0.717, 1.165) is 12.2 Å². The van der Waals surface area contributed by atoms with Gasteiger partial charge in [0.05, 0.1) is 13.2 Å². The first kappa shape index (κ1) is 15.8. The third-order valence-electron chi connectivity index (χ3n) is 3.07. The monoisotopic (exact) mass is 302 g/mol. The normalized spacial score (nSPS) is 10.2. The molecule has 0 spiro atoms. The van der Waals surface area contributed by atoms with E-state index in [0.29, 0.717) is 19.6 Å². The molecule has 0 aliphatic carbocycles. The third kappa shape index (κ3) is 4.44. The van der Waals surface area contributed by atoms with Gasteiger partial charge in [0, 0.05) is 6.42 Å². The maximum atomic E-state index is 10.8. The lowest BCUT2D eigenvalue weighted by atomic mass is 10.2. The zero-order valence-corrected chi connectivity index (χ0v) is 12.4. The van der Waals surface area contributed by atoms with Crippen molar-refractivity contribution in [3.8, 4) is 11.5 Å². The van der Waals surface area contributed by atoms with E-state index < -0.39 is 4.92 Å². The molecule has 1 heterocycles. The highest BCUT2D eigenvalue weighted by molar-refractivity contribution is 5.38. The number of pyridine rings is 1. The number of nitrogens with zero attached hydrogens (tertiary/aromatic N) is 2. The number of aromatic nitrogens is 1. The Bertz CT molecular complexity index is 614. The molecule has 22 heavy (non-hydrogen) atoms. The number of hydrogen-bond acceptors (Lipinski definition) is 5. The molecule has 0 fully saturated rings. The summed E-state index contributed by atoms with van der Waals surface area (Å²) in [4.78, 5) is 13.9. The van der Waals surface area contributed by atoms with Gasteiger partial charge in [0.1, 0.15) is 11.9 Å². The van der Waals surface area contributed by atoms with Crippen LogP contribution in [0.2, 0.25) is 0 Å². The predicted molar refractivity (Wildman–Crippen MR) is 82.3 cm³/mol. The van der Waals surface area contributed by atoms with Crippen LogP contribution in [0.15, 0.2) is 42.6 Å². The Labute approximate surface area is 128 Å². The highest BCUT2D eigenvalue weighted by Gasteiger charge is 2.14. The van der Waals surface area contributed by atoms with Gasteiger partial charge in [-0.3, -0.25) is 0 Å². The molecule has 1 aromatic carbocycles. The Balaban J connectivity index is 1.74. The van der Waals surface area contributed by atoms with E-state index in [1.165, 1.54) is 17.8 Å². The Hall–Kier alpha value is -2.63. The summed E-state index contributed by atoms with van der Waals surface area (Å²) in [7, 11) is 0. The van der Waals surface area contributed by atoms with Gasteiger partial charge in [-0.2, -0.15) is 0 Å². The van der Waals surface area contributed by atoms with Crippen LogP contribution in [0.1, 0.15) is 18.9 Å². The van der Waals surface area contributed by atoms with Crippen LogP contribution in [0.25, 0.3) is 0 Å². The summed E-state index contributed by atoms with van der Waals surface area (Å²) < 4.78 is 11.0. The summed E-state index contributed by atoms with van der Waals surface area (Å²) in [5.74, 6) is 0.725. The first-order valence-electron chi connectivity index (χ1n) is 7.14. The van der Waals surface area contributed by atoms with Crippen LogP contribution >= 0.6 is 0 Å². The molecule has 0 bridgehead atoms. The van der Waals surface area contributed by atoms with Gasteiger partial charge in [-0.25, -0.2) is 0 Å². The van der Waals surface area contributed by atoms with Crippen molar-refractivity contribution in [2.24, 2.45) is 0 Å². The van der Waals surface area contributed by atoms with Crippen molar-refractivity contribution in [1.82, 2.24) is 4.98 Å². The highest BCUT2D eigenvalue weighted by atomic mass is 16.6. The van der Waals surface area contributed by atoms with Crippen molar-refractivity contribution < 1.29 is 14.4 Å². The number of hydrogen-bond donors (Lipinski definition) is 0. The SMILES string of the molecule is CCc1ccc(OCCCOc2cccnc2[N+](=O)[O-])cc1. The van der Waals surface area contributed by atoms with Crippen molar-refractivity contribution in [2.75, 3.05) is 13.2 Å². The third-order valence-corrected chi connectivity index (χ3v) is 3.07. The Morgan fingerprint density at radius 2 is 1.86 bits per heavy atom. The molecule has 0 N–H and O–H groups in total. The number of rotatable bonds is 8. The van der Waals surface area contributed by atoms with Crippen molar-refractivity contribution in [2.45, 2.75) is 19.8 Å². The van der Waals surface area contributed by atoms with Crippen LogP contribution in [-0.4, -0.2) is 23.1 Å². The maximum absolute atomic E-state index is 10.8. The molecule has 6 nitrogen and oxygen atoms in total. The van der Waals surface area contributed by atoms with Gasteiger partial charge >= 0.3 is 5.82 Å². The average molecular weight is 302 g/mol. The first-order valence-corrected chi connectivity index (χ1v) is 7.14. The van der Waals surface area contributed by atoms with E-state index in [1.807, 2.05) is 24.3 Å². The fourth-order valence-electron chi connectivity index (χ4n) is 1.88. The molecule has 1 aromatic heterocycles. The fourth-order valence-corrected chi connectivity index (χ4v) is 1.88. The van der Waals surface area contributed by atoms with E-state index in [4.69, 9.17) is 9.47 Å². The molecular weight excluding hydrogens is 284 g/mol. The summed E-state index contributed by atoms with van der Waals surface area (Å²) in [5, 5.41) is 10.8. The minimum atomic E-state index is -0.554. The van der Waals surface area contributed by atoms with Gasteiger partial charge in [0.15, 0.2) is 0 Å². The van der Waals surface area contributed by atoms with E-state index >= 15 is 0 Å². The highest BCUT2D eigenvalue weighted by Crippen LogP contribution is 2.22. The standard InChI is InChI=1S/C16H18N2O4/c1-2-13-6-8-14(9-7-13)21-11-4-12-22-15-5-3-10-17-16(15)18(19)20/h3,5-10H,2,4,11-12H2,1H3. The molecule has 0 atom stereocenters. The smallest absolute Gasteiger partial charge is 0.406 e. The summed E-state index contributed by atoms with van der Waals surface area (Å²) in [5.41, 5.74) is 1.26. The molecule has 2 rings (SSSR count). The molecule has 0 amide bonds. The lowest BCUT2D eigenvalue weighted by Crippen LogP contribution is -2.06. The van der Waals surface area contributed by atoms with Gasteiger partial charge in [0.25, 0.3) is 0 Å². The van der Waals surface area contributed by atoms with Gasteiger partial charge in [-0.1, -0.05) is 19.1 Å². The second kappa shape index (κ2) is 7.97. The van der Waals surface area contributed by atoms with E-state index in [2.05, 4.69) is 11.9 Å². The lowest BCUT2D eigenvalue weighted by Gasteiger charge is -2.08. The minimum Gasteiger partial charge on any atom is -0.493 e. The quantitative estimate of drug-likeness (QED) is 0.424. The maximum Gasteiger partial charge on any atom is 0.406 e. The van der Waals surface area contributed by atoms with Gasteiger partial charge in [-0.15, -0.1) is 0 Å². The number of benzene rings is 1. The van der Waals surface area contributed by atoms with Crippen LogP contribution < -0.4 is 9.47 Å². The molecule has 116 valence electrons. The molecule has 6 heteroatoms. The van der Waals surface area contributed by atoms with Crippen LogP contribution in [0.3, 0.4) is 0 Å². The van der Waals surface area contributed by atoms with Crippen molar-refractivity contribution >= 4 is 5.82 Å². The molecular formula is C16H18N2O4. The molecule has 0 aliphatic heterocycles. The molecule has 0 saturated carbocycles. The molecule has 0 unspecified atom stereocenters. The Morgan fingerprint density at radius 3 is 2.55 bits per heavy atom. The van der Waals surface area contributed by atoms with Gasteiger partial charge in [0.2, 0.25) is 5.75 Å². The zero-order valence-electron chi connectivity index (χ0n) is 12.4. The van der Waals surface area contributed by atoms with Crippen LogP contribution in [0, 0.1) is 10.1 Å². The lowest BCUT2D eigenvalue weighted by molar-refractivity contribution is -0.390. The van der Waals surface area contributed by atoms with Crippen molar-refractivity contribution in [3.05, 3.63) is 58.3 Å². The summed E-state index contributed by atoms with van der Waals surface area (Å²) in [6.07, 6.45) is 2.99. The first-order chi connectivity index (χ1) is 10.7. The van der Waals surface area contributed by atoms with Gasteiger partial charge < -0.3 is 19.6 Å². The van der Waals surface area contributed by atoms with Crippen LogP contribution in [0.5, 0.6) is 11.5 Å². The molecule has 0 saturated heterocycles. The van der Waals surface area contributed by atoms with Crippen LogP contribution in [0.4, 0.5) is 5.82 Å². The molecule has 2 aromatic rings. The van der Waals surface area contributed by atoms with Crippen molar-refractivity contribution in [1.29, 1.82) is 0 Å². The van der Waals surface area contributed by atoms with E-state index in [1.54, 1.807) is 6.07 Å². The Kier molecular flexibility index (Phi) is 5.71. The zero-order chi connectivity index (χ0) is 15.8. The Morgan fingerprint density at radius 1 is 1.14 bits per heavy atom. The van der Waals surface area contributed by atoms with Crippen LogP contribution in [-0.2, 0) is 6.42 Å². The second-order valence-electron chi connectivity index (χ2n) is 4.63. The molecule has 0 aliphatic rings.